The third kappa shape index (κ3) is 4.21. The molecule has 124 valence electrons. The van der Waals surface area contributed by atoms with Crippen molar-refractivity contribution in [1.82, 2.24) is 10.9 Å². The first-order chi connectivity index (χ1) is 11.5. The van der Waals surface area contributed by atoms with Gasteiger partial charge in [0.05, 0.1) is 0 Å². The molecule has 2 atom stereocenters. The van der Waals surface area contributed by atoms with E-state index in [4.69, 9.17) is 23.8 Å². The molecule has 1 saturated carbocycles. The molecule has 0 radical (unpaired) electrons. The van der Waals surface area contributed by atoms with Gasteiger partial charge in [-0.15, -0.1) is 0 Å². The van der Waals surface area contributed by atoms with Crippen LogP contribution < -0.4 is 16.2 Å². The van der Waals surface area contributed by atoms with E-state index in [9.17, 15) is 9.18 Å². The number of rotatable bonds is 3. The van der Waals surface area contributed by atoms with Crippen LogP contribution in [0.4, 0.5) is 10.1 Å². The second-order valence-corrected chi connectivity index (χ2v) is 6.42. The van der Waals surface area contributed by atoms with Crippen LogP contribution in [0.1, 0.15) is 17.9 Å². The first-order valence-electron chi connectivity index (χ1n) is 7.41. The summed E-state index contributed by atoms with van der Waals surface area (Å²) >= 11 is 11.0. The van der Waals surface area contributed by atoms with Gasteiger partial charge in [-0.3, -0.25) is 15.6 Å². The fourth-order valence-electron chi connectivity index (χ4n) is 2.47. The van der Waals surface area contributed by atoms with E-state index in [1.807, 2.05) is 24.3 Å². The molecule has 7 heteroatoms. The Hall–Kier alpha value is -2.18. The normalized spacial score (nSPS) is 18.6. The Bertz CT molecular complexity index is 751. The van der Waals surface area contributed by atoms with E-state index in [2.05, 4.69) is 16.2 Å². The first kappa shape index (κ1) is 16.7. The van der Waals surface area contributed by atoms with Crippen LogP contribution in [0.2, 0.25) is 5.02 Å². The highest BCUT2D eigenvalue weighted by atomic mass is 35.5. The summed E-state index contributed by atoms with van der Waals surface area (Å²) in [5.41, 5.74) is 6.98. The fraction of sp³-hybridized carbons (Fsp3) is 0.176. The van der Waals surface area contributed by atoms with Gasteiger partial charge < -0.3 is 5.32 Å². The molecule has 3 rings (SSSR count). The van der Waals surface area contributed by atoms with Crippen LogP contribution in [-0.4, -0.2) is 11.0 Å². The van der Waals surface area contributed by atoms with Gasteiger partial charge in [0.2, 0.25) is 5.91 Å². The van der Waals surface area contributed by atoms with Crippen LogP contribution in [0, 0.1) is 11.7 Å². The third-order valence-electron chi connectivity index (χ3n) is 3.83. The molecule has 0 spiro atoms. The molecule has 0 bridgehead atoms. The topological polar surface area (TPSA) is 53.2 Å². The van der Waals surface area contributed by atoms with Gasteiger partial charge in [0.15, 0.2) is 5.11 Å². The molecule has 0 unspecified atom stereocenters. The minimum absolute atomic E-state index is 0.0766. The Morgan fingerprint density at radius 2 is 1.75 bits per heavy atom. The minimum Gasteiger partial charge on any atom is -0.331 e. The van der Waals surface area contributed by atoms with Crippen LogP contribution >= 0.6 is 23.8 Å². The molecule has 1 amide bonds. The van der Waals surface area contributed by atoms with Gasteiger partial charge in [-0.25, -0.2) is 4.39 Å². The van der Waals surface area contributed by atoms with Crippen LogP contribution in [0.3, 0.4) is 0 Å². The van der Waals surface area contributed by atoms with E-state index in [1.165, 1.54) is 12.1 Å². The average molecular weight is 364 g/mol. The molecule has 2 aromatic carbocycles. The molecule has 1 aliphatic rings. The van der Waals surface area contributed by atoms with Crippen molar-refractivity contribution < 1.29 is 9.18 Å². The molecule has 0 aromatic heterocycles. The summed E-state index contributed by atoms with van der Waals surface area (Å²) < 4.78 is 12.8. The lowest BCUT2D eigenvalue weighted by Crippen LogP contribution is -2.44. The van der Waals surface area contributed by atoms with Crippen molar-refractivity contribution in [3.8, 4) is 0 Å². The van der Waals surface area contributed by atoms with Crippen LogP contribution in [0.15, 0.2) is 48.5 Å². The first-order valence-corrected chi connectivity index (χ1v) is 8.19. The number of benzene rings is 2. The lowest BCUT2D eigenvalue weighted by Gasteiger charge is -2.11. The van der Waals surface area contributed by atoms with E-state index in [-0.39, 0.29) is 28.7 Å². The Labute approximate surface area is 149 Å². The maximum Gasteiger partial charge on any atom is 0.242 e. The number of carbonyl (C=O) groups is 1. The van der Waals surface area contributed by atoms with E-state index in [1.54, 1.807) is 12.1 Å². The number of anilines is 1. The Morgan fingerprint density at radius 3 is 2.42 bits per heavy atom. The zero-order valence-corrected chi connectivity index (χ0v) is 14.1. The highest BCUT2D eigenvalue weighted by Crippen LogP contribution is 2.47. The Kier molecular flexibility index (Phi) is 4.97. The minimum atomic E-state index is -0.324. The van der Waals surface area contributed by atoms with Crippen molar-refractivity contribution >= 4 is 40.5 Å². The summed E-state index contributed by atoms with van der Waals surface area (Å²) in [7, 11) is 0. The highest BCUT2D eigenvalue weighted by Gasteiger charge is 2.43. The molecule has 2 aromatic rings. The number of hydrazine groups is 1. The molecule has 4 nitrogen and oxygen atoms in total. The largest absolute Gasteiger partial charge is 0.331 e. The summed E-state index contributed by atoms with van der Waals surface area (Å²) in [5.74, 6) is -0.303. The van der Waals surface area contributed by atoms with Gasteiger partial charge in [-0.2, -0.15) is 0 Å². The van der Waals surface area contributed by atoms with Crippen molar-refractivity contribution in [3.63, 3.8) is 0 Å². The molecule has 1 fully saturated rings. The number of thiocarbonyl (C=S) groups is 1. The van der Waals surface area contributed by atoms with Crippen molar-refractivity contribution in [3.05, 3.63) is 64.9 Å². The summed E-state index contributed by atoms with van der Waals surface area (Å²) in [5, 5.41) is 3.77. The summed E-state index contributed by atoms with van der Waals surface area (Å²) in [6, 6.07) is 13.3. The van der Waals surface area contributed by atoms with Crippen LogP contribution in [-0.2, 0) is 4.79 Å². The monoisotopic (exact) mass is 363 g/mol. The predicted molar refractivity (Wildman–Crippen MR) is 96.2 cm³/mol. The van der Waals surface area contributed by atoms with Crippen molar-refractivity contribution in [2.75, 3.05) is 5.32 Å². The quantitative estimate of drug-likeness (QED) is 0.576. The standard InChI is InChI=1S/C17H15ClFN3OS/c18-11-3-1-10(2-4-11)14-9-15(14)16(23)21-22-17(24)20-13-7-5-12(19)6-8-13/h1-8,14-15H,9H2,(H,21,23)(H2,20,22,24)/t14-,15+/m1/s1. The lowest BCUT2D eigenvalue weighted by molar-refractivity contribution is -0.122. The number of hydrogen-bond donors (Lipinski definition) is 3. The van der Waals surface area contributed by atoms with E-state index in [0.717, 1.165) is 12.0 Å². The molecule has 1 aliphatic carbocycles. The van der Waals surface area contributed by atoms with Crippen LogP contribution in [0.25, 0.3) is 0 Å². The Morgan fingerprint density at radius 1 is 1.08 bits per heavy atom. The number of halogens is 2. The van der Waals surface area contributed by atoms with Crippen molar-refractivity contribution in [2.24, 2.45) is 5.92 Å². The third-order valence-corrected chi connectivity index (χ3v) is 4.28. The maximum atomic E-state index is 12.8. The van der Waals surface area contributed by atoms with Crippen molar-refractivity contribution in [2.45, 2.75) is 12.3 Å². The molecule has 0 saturated heterocycles. The van der Waals surface area contributed by atoms with E-state index < -0.39 is 0 Å². The van der Waals surface area contributed by atoms with Gasteiger partial charge in [-0.05, 0) is 66.5 Å². The summed E-state index contributed by atoms with van der Waals surface area (Å²) in [4.78, 5) is 12.1. The molecule has 0 heterocycles. The Balaban J connectivity index is 1.45. The highest BCUT2D eigenvalue weighted by molar-refractivity contribution is 7.80. The van der Waals surface area contributed by atoms with Crippen LogP contribution in [0.5, 0.6) is 0 Å². The SMILES string of the molecule is O=C(NNC(=S)Nc1ccc(F)cc1)[C@H]1C[C@@H]1c1ccc(Cl)cc1. The second kappa shape index (κ2) is 7.15. The lowest BCUT2D eigenvalue weighted by atomic mass is 10.1. The maximum absolute atomic E-state index is 12.8. The number of nitrogens with one attached hydrogen (secondary N) is 3. The van der Waals surface area contributed by atoms with E-state index in [0.29, 0.717) is 10.7 Å². The van der Waals surface area contributed by atoms with Gasteiger partial charge in [0.25, 0.3) is 0 Å². The van der Waals surface area contributed by atoms with Gasteiger partial charge >= 0.3 is 0 Å². The summed E-state index contributed by atoms with van der Waals surface area (Å²) in [6.45, 7) is 0. The fourth-order valence-corrected chi connectivity index (χ4v) is 2.76. The number of hydrogen-bond acceptors (Lipinski definition) is 2. The zero-order valence-electron chi connectivity index (χ0n) is 12.6. The zero-order chi connectivity index (χ0) is 17.1. The molecule has 3 N–H and O–H groups in total. The molecule has 0 aliphatic heterocycles. The molecular weight excluding hydrogens is 349 g/mol. The number of amides is 1. The smallest absolute Gasteiger partial charge is 0.242 e. The van der Waals surface area contributed by atoms with Gasteiger partial charge in [0, 0.05) is 16.6 Å². The van der Waals surface area contributed by atoms with Crippen molar-refractivity contribution in [1.29, 1.82) is 0 Å². The van der Waals surface area contributed by atoms with Gasteiger partial charge in [-0.1, -0.05) is 23.7 Å². The second-order valence-electron chi connectivity index (χ2n) is 5.58. The molecule has 24 heavy (non-hydrogen) atoms. The average Bonchev–Trinajstić information content (AvgIpc) is 3.36. The van der Waals surface area contributed by atoms with Gasteiger partial charge in [0.1, 0.15) is 5.82 Å². The predicted octanol–water partition coefficient (Wildman–Crippen LogP) is 3.60. The van der Waals surface area contributed by atoms with E-state index >= 15 is 0 Å². The number of carbonyl (C=O) groups excluding carboxylic acids is 1. The summed E-state index contributed by atoms with van der Waals surface area (Å²) in [6.07, 6.45) is 0.799. The molecular formula is C17H15ClFN3OS.